The van der Waals surface area contributed by atoms with E-state index in [1.165, 1.54) is 12.3 Å². The first kappa shape index (κ1) is 15.6. The second-order valence-corrected chi connectivity index (χ2v) is 4.83. The second kappa shape index (κ2) is 5.53. The summed E-state index contributed by atoms with van der Waals surface area (Å²) >= 11 is 11.4. The van der Waals surface area contributed by atoms with Crippen molar-refractivity contribution >= 4 is 29.2 Å². The molecule has 0 unspecified atom stereocenters. The molecule has 0 spiro atoms. The Morgan fingerprint density at radius 1 is 1.33 bits per heavy atom. The largest absolute Gasteiger partial charge is 0.433 e. The molecule has 0 amide bonds. The van der Waals surface area contributed by atoms with Crippen molar-refractivity contribution in [2.24, 2.45) is 0 Å². The van der Waals surface area contributed by atoms with Crippen LogP contribution >= 0.6 is 23.2 Å². The van der Waals surface area contributed by atoms with Gasteiger partial charge in [-0.25, -0.2) is 9.97 Å². The van der Waals surface area contributed by atoms with Crippen LogP contribution < -0.4 is 11.3 Å². The first-order valence-corrected chi connectivity index (χ1v) is 6.20. The maximum atomic E-state index is 12.9. The molecule has 0 aliphatic rings. The van der Waals surface area contributed by atoms with Gasteiger partial charge < -0.3 is 5.73 Å². The molecule has 0 aliphatic heterocycles. The molecule has 2 aromatic rings. The quantitative estimate of drug-likeness (QED) is 0.824. The summed E-state index contributed by atoms with van der Waals surface area (Å²) in [5, 5.41) is 0.0864. The van der Waals surface area contributed by atoms with Crippen LogP contribution in [0.1, 0.15) is 16.8 Å². The van der Waals surface area contributed by atoms with Crippen LogP contribution in [-0.4, -0.2) is 15.0 Å². The van der Waals surface area contributed by atoms with Crippen LogP contribution in [0.25, 0.3) is 0 Å². The number of nitrogens with one attached hydrogen (secondary N) is 1. The number of H-pyrrole nitrogens is 1. The number of anilines is 1. The van der Waals surface area contributed by atoms with Gasteiger partial charge >= 0.3 is 6.18 Å². The zero-order chi connectivity index (χ0) is 15.8. The monoisotopic (exact) mass is 338 g/mol. The number of alkyl halides is 3. The Kier molecular flexibility index (Phi) is 4.11. The lowest BCUT2D eigenvalue weighted by atomic mass is 10.1. The molecule has 0 saturated carbocycles. The van der Waals surface area contributed by atoms with Gasteiger partial charge in [0.1, 0.15) is 5.15 Å². The van der Waals surface area contributed by atoms with Crippen molar-refractivity contribution in [2.45, 2.75) is 12.6 Å². The van der Waals surface area contributed by atoms with Crippen molar-refractivity contribution in [3.05, 3.63) is 49.6 Å². The Morgan fingerprint density at radius 2 is 2.00 bits per heavy atom. The van der Waals surface area contributed by atoms with Gasteiger partial charge in [0, 0.05) is 12.6 Å². The first-order valence-electron chi connectivity index (χ1n) is 5.44. The van der Waals surface area contributed by atoms with E-state index < -0.39 is 28.9 Å². The highest BCUT2D eigenvalue weighted by Crippen LogP contribution is 2.30. The van der Waals surface area contributed by atoms with Gasteiger partial charge in [0.2, 0.25) is 5.95 Å². The number of aromatic amines is 1. The number of halogens is 5. The topological polar surface area (TPSA) is 84.7 Å². The first-order chi connectivity index (χ1) is 9.68. The van der Waals surface area contributed by atoms with Crippen LogP contribution in [0.5, 0.6) is 0 Å². The minimum Gasteiger partial charge on any atom is -0.369 e. The average molecular weight is 339 g/mol. The van der Waals surface area contributed by atoms with E-state index in [-0.39, 0.29) is 22.2 Å². The lowest BCUT2D eigenvalue weighted by molar-refractivity contribution is -0.141. The van der Waals surface area contributed by atoms with Gasteiger partial charge in [-0.15, -0.1) is 0 Å². The summed E-state index contributed by atoms with van der Waals surface area (Å²) in [5.41, 5.74) is 2.55. The summed E-state index contributed by atoms with van der Waals surface area (Å²) in [7, 11) is 0. The molecule has 0 saturated heterocycles. The summed E-state index contributed by atoms with van der Waals surface area (Å²) < 4.78 is 38.8. The predicted octanol–water partition coefficient (Wildman–Crippen LogP) is 2.66. The summed E-state index contributed by atoms with van der Waals surface area (Å²) in [6.45, 7) is 0. The number of nitrogens with two attached hydrogens (primary N) is 1. The van der Waals surface area contributed by atoms with Crippen molar-refractivity contribution in [1.82, 2.24) is 15.0 Å². The second-order valence-electron chi connectivity index (χ2n) is 4.07. The molecule has 2 heterocycles. The standard InChI is InChI=1S/C11H7Cl2F3N4O/c12-6-2-4(3-18-8(6)13)1-5-7(11(14,15)16)19-10(17)20-9(5)21/h2-3H,1H2,(H3,17,19,20,21). The minimum absolute atomic E-state index is 0.0146. The number of aromatic nitrogens is 3. The normalized spacial score (nSPS) is 11.7. The van der Waals surface area contributed by atoms with Crippen molar-refractivity contribution in [3.8, 4) is 0 Å². The zero-order valence-electron chi connectivity index (χ0n) is 10.1. The number of pyridine rings is 1. The number of rotatable bonds is 2. The molecule has 0 fully saturated rings. The zero-order valence-corrected chi connectivity index (χ0v) is 11.6. The van der Waals surface area contributed by atoms with E-state index in [0.29, 0.717) is 0 Å². The van der Waals surface area contributed by atoms with Crippen molar-refractivity contribution in [2.75, 3.05) is 5.73 Å². The van der Waals surface area contributed by atoms with Gasteiger partial charge in [-0.1, -0.05) is 23.2 Å². The van der Waals surface area contributed by atoms with Crippen molar-refractivity contribution in [3.63, 3.8) is 0 Å². The number of nitrogens with zero attached hydrogens (tertiary/aromatic N) is 2. The smallest absolute Gasteiger partial charge is 0.369 e. The molecule has 2 aromatic heterocycles. The van der Waals surface area contributed by atoms with E-state index in [0.717, 1.165) is 0 Å². The van der Waals surface area contributed by atoms with E-state index in [9.17, 15) is 18.0 Å². The third-order valence-corrected chi connectivity index (χ3v) is 3.22. The van der Waals surface area contributed by atoms with Crippen molar-refractivity contribution in [1.29, 1.82) is 0 Å². The molecule has 0 aliphatic carbocycles. The van der Waals surface area contributed by atoms with Crippen molar-refractivity contribution < 1.29 is 13.2 Å². The van der Waals surface area contributed by atoms with Gasteiger partial charge in [0.05, 0.1) is 10.6 Å². The highest BCUT2D eigenvalue weighted by Gasteiger charge is 2.37. The molecule has 21 heavy (non-hydrogen) atoms. The molecular weight excluding hydrogens is 332 g/mol. The number of nitrogen functional groups attached to an aromatic ring is 1. The summed E-state index contributed by atoms with van der Waals surface area (Å²) in [6.07, 6.45) is -3.94. The molecule has 112 valence electrons. The molecule has 3 N–H and O–H groups in total. The van der Waals surface area contributed by atoms with Gasteiger partial charge in [-0.3, -0.25) is 9.78 Å². The van der Waals surface area contributed by atoms with Crippen LogP contribution in [0.15, 0.2) is 17.1 Å². The maximum Gasteiger partial charge on any atom is 0.433 e. The third kappa shape index (κ3) is 3.45. The Morgan fingerprint density at radius 3 is 2.57 bits per heavy atom. The molecule has 0 radical (unpaired) electrons. The molecule has 0 atom stereocenters. The maximum absolute atomic E-state index is 12.9. The Bertz CT molecular complexity index is 745. The van der Waals surface area contributed by atoms with E-state index in [1.807, 2.05) is 4.98 Å². The van der Waals surface area contributed by atoms with Crippen LogP contribution in [-0.2, 0) is 12.6 Å². The molecule has 2 rings (SSSR count). The molecule has 0 aromatic carbocycles. The minimum atomic E-state index is -4.80. The van der Waals surface area contributed by atoms with E-state index in [2.05, 4.69) is 9.97 Å². The fraction of sp³-hybridized carbons (Fsp3) is 0.182. The third-order valence-electron chi connectivity index (χ3n) is 2.54. The molecule has 5 nitrogen and oxygen atoms in total. The lowest BCUT2D eigenvalue weighted by Gasteiger charge is -2.11. The average Bonchev–Trinajstić information content (AvgIpc) is 2.35. The highest BCUT2D eigenvalue weighted by atomic mass is 35.5. The molecule has 0 bridgehead atoms. The molecule has 10 heteroatoms. The van der Waals surface area contributed by atoms with Gasteiger partial charge in [-0.2, -0.15) is 13.2 Å². The van der Waals surface area contributed by atoms with Crippen LogP contribution in [0, 0.1) is 0 Å². The van der Waals surface area contributed by atoms with E-state index >= 15 is 0 Å². The van der Waals surface area contributed by atoms with Crippen LogP contribution in [0.3, 0.4) is 0 Å². The summed E-state index contributed by atoms with van der Waals surface area (Å²) in [4.78, 5) is 20.6. The lowest BCUT2D eigenvalue weighted by Crippen LogP contribution is -2.25. The fourth-order valence-electron chi connectivity index (χ4n) is 1.68. The summed E-state index contributed by atoms with van der Waals surface area (Å²) in [5.74, 6) is -0.608. The van der Waals surface area contributed by atoms with Gasteiger partial charge in [-0.05, 0) is 11.6 Å². The molecular formula is C11H7Cl2F3N4O. The van der Waals surface area contributed by atoms with Gasteiger partial charge in [0.25, 0.3) is 5.56 Å². The van der Waals surface area contributed by atoms with Crippen LogP contribution in [0.4, 0.5) is 19.1 Å². The Balaban J connectivity index is 2.53. The van der Waals surface area contributed by atoms with Gasteiger partial charge in [0.15, 0.2) is 5.69 Å². The predicted molar refractivity (Wildman–Crippen MR) is 71.3 cm³/mol. The highest BCUT2D eigenvalue weighted by molar-refractivity contribution is 6.41. The Labute approximate surface area is 125 Å². The van der Waals surface area contributed by atoms with E-state index in [1.54, 1.807) is 0 Å². The summed E-state index contributed by atoms with van der Waals surface area (Å²) in [6, 6.07) is 1.33. The van der Waals surface area contributed by atoms with Crippen LogP contribution in [0.2, 0.25) is 10.2 Å². The SMILES string of the molecule is Nc1nc(C(F)(F)F)c(Cc2cnc(Cl)c(Cl)c2)c(=O)[nH]1. The Hall–Kier alpha value is -1.80. The number of hydrogen-bond donors (Lipinski definition) is 2. The fourth-order valence-corrected chi connectivity index (χ4v) is 1.97. The van der Waals surface area contributed by atoms with E-state index in [4.69, 9.17) is 28.9 Å². The number of hydrogen-bond acceptors (Lipinski definition) is 4.